The van der Waals surface area contributed by atoms with E-state index in [1.807, 2.05) is 19.1 Å². The third-order valence-electron chi connectivity index (χ3n) is 5.08. The van der Waals surface area contributed by atoms with Gasteiger partial charge in [0.15, 0.2) is 5.96 Å². The van der Waals surface area contributed by atoms with Crippen molar-refractivity contribution >= 4 is 35.6 Å². The Hall–Kier alpha value is -2.14. The summed E-state index contributed by atoms with van der Waals surface area (Å²) in [5, 5.41) is 17.5. The fourth-order valence-electron chi connectivity index (χ4n) is 3.55. The van der Waals surface area contributed by atoms with Gasteiger partial charge in [-0.25, -0.2) is 4.99 Å². The average Bonchev–Trinajstić information content (AvgIpc) is 3.27. The monoisotopic (exact) mass is 527 g/mol. The second-order valence-electron chi connectivity index (χ2n) is 7.13. The fraction of sp³-hybridized carbons (Fsp3) is 0.476. The van der Waals surface area contributed by atoms with E-state index in [-0.39, 0.29) is 35.7 Å². The van der Waals surface area contributed by atoms with Crippen molar-refractivity contribution in [1.29, 1.82) is 0 Å². The van der Waals surface area contributed by atoms with E-state index in [0.29, 0.717) is 13.1 Å². The molecular weight excluding hydrogens is 497 g/mol. The van der Waals surface area contributed by atoms with Crippen LogP contribution in [0.2, 0.25) is 0 Å². The molecule has 0 radical (unpaired) electrons. The molecule has 8 nitrogen and oxygen atoms in total. The summed E-state index contributed by atoms with van der Waals surface area (Å²) >= 11 is 0. The molecule has 1 aliphatic rings. The van der Waals surface area contributed by atoms with Crippen LogP contribution >= 0.6 is 24.0 Å². The maximum absolute atomic E-state index is 10.8. The molecular formula is C21H30IN5O3. The van der Waals surface area contributed by atoms with Crippen LogP contribution in [0.3, 0.4) is 0 Å². The largest absolute Gasteiger partial charge is 0.468 e. The summed E-state index contributed by atoms with van der Waals surface area (Å²) in [5.74, 6) is 1.69. The van der Waals surface area contributed by atoms with Crippen LogP contribution in [0.5, 0.6) is 0 Å². The number of nitrogens with zero attached hydrogens (tertiary/aromatic N) is 3. The molecule has 9 heteroatoms. The van der Waals surface area contributed by atoms with Crippen molar-refractivity contribution in [3.05, 3.63) is 64.1 Å². The molecule has 2 heterocycles. The number of rotatable bonds is 8. The van der Waals surface area contributed by atoms with Crippen LogP contribution in [0.15, 0.2) is 52.1 Å². The smallest absolute Gasteiger partial charge is 0.269 e. The molecule has 1 aromatic heterocycles. The predicted octanol–water partition coefficient (Wildman–Crippen LogP) is 4.09. The second-order valence-corrected chi connectivity index (χ2v) is 7.13. The summed E-state index contributed by atoms with van der Waals surface area (Å²) in [6.45, 7) is 6.06. The van der Waals surface area contributed by atoms with Crippen LogP contribution in [0.25, 0.3) is 0 Å². The highest BCUT2D eigenvalue weighted by atomic mass is 127. The zero-order valence-electron chi connectivity index (χ0n) is 17.3. The standard InChI is InChI=1S/C21H29N5O3.HI/c1-2-22-21(23-15-17-8-10-18(11-9-17)26(27)28)24-16-19(20-7-6-14-29-20)25-12-4-3-5-13-25;/h6-11,14,19H,2-5,12-13,15-16H2,1H3,(H2,22,23,24);1H. The number of nitro benzene ring substituents is 1. The van der Waals surface area contributed by atoms with Gasteiger partial charge in [-0.05, 0) is 50.6 Å². The molecule has 1 fully saturated rings. The van der Waals surface area contributed by atoms with E-state index in [2.05, 4.69) is 20.5 Å². The third-order valence-corrected chi connectivity index (χ3v) is 5.08. The van der Waals surface area contributed by atoms with Crippen molar-refractivity contribution in [3.63, 3.8) is 0 Å². The molecule has 30 heavy (non-hydrogen) atoms. The van der Waals surface area contributed by atoms with Crippen molar-refractivity contribution in [2.45, 2.75) is 38.8 Å². The van der Waals surface area contributed by atoms with E-state index in [0.717, 1.165) is 36.9 Å². The minimum absolute atomic E-state index is 0. The lowest BCUT2D eigenvalue weighted by Crippen LogP contribution is -2.44. The van der Waals surface area contributed by atoms with Crippen LogP contribution in [-0.2, 0) is 6.54 Å². The van der Waals surface area contributed by atoms with E-state index in [1.165, 1.54) is 31.4 Å². The topological polar surface area (TPSA) is 95.9 Å². The number of piperidine rings is 1. The molecule has 2 aromatic rings. The van der Waals surface area contributed by atoms with Crippen molar-refractivity contribution < 1.29 is 9.34 Å². The predicted molar refractivity (Wildman–Crippen MR) is 128 cm³/mol. The molecule has 0 spiro atoms. The molecule has 0 saturated carbocycles. The van der Waals surface area contributed by atoms with Gasteiger partial charge in [0.25, 0.3) is 5.69 Å². The van der Waals surface area contributed by atoms with Crippen molar-refractivity contribution in [2.24, 2.45) is 4.99 Å². The average molecular weight is 527 g/mol. The van der Waals surface area contributed by atoms with Gasteiger partial charge < -0.3 is 15.1 Å². The number of likely N-dealkylation sites (tertiary alicyclic amines) is 1. The van der Waals surface area contributed by atoms with E-state index in [4.69, 9.17) is 4.42 Å². The summed E-state index contributed by atoms with van der Waals surface area (Å²) in [6.07, 6.45) is 5.44. The Kier molecular flexibility index (Phi) is 10.1. The number of nitrogens with one attached hydrogen (secondary N) is 2. The molecule has 1 aliphatic heterocycles. The Balaban J connectivity index is 0.00000320. The quantitative estimate of drug-likeness (QED) is 0.177. The molecule has 164 valence electrons. The lowest BCUT2D eigenvalue weighted by molar-refractivity contribution is -0.384. The van der Waals surface area contributed by atoms with Gasteiger partial charge in [-0.15, -0.1) is 24.0 Å². The molecule has 3 rings (SSSR count). The van der Waals surface area contributed by atoms with Gasteiger partial charge in [-0.2, -0.15) is 0 Å². The Morgan fingerprint density at radius 3 is 2.53 bits per heavy atom. The van der Waals surface area contributed by atoms with E-state index < -0.39 is 4.92 Å². The summed E-state index contributed by atoms with van der Waals surface area (Å²) in [4.78, 5) is 17.5. The summed E-state index contributed by atoms with van der Waals surface area (Å²) in [6, 6.07) is 10.6. The molecule has 0 bridgehead atoms. The number of guanidine groups is 1. The highest BCUT2D eigenvalue weighted by Gasteiger charge is 2.24. The SMILES string of the molecule is CCNC(=NCc1ccc([N+](=O)[O-])cc1)NCC(c1ccco1)N1CCCCC1.I. The molecule has 1 atom stereocenters. The third kappa shape index (κ3) is 6.98. The van der Waals surface area contributed by atoms with Crippen LogP contribution in [0.1, 0.15) is 43.6 Å². The maximum Gasteiger partial charge on any atom is 0.269 e. The Morgan fingerprint density at radius 2 is 1.93 bits per heavy atom. The Morgan fingerprint density at radius 1 is 1.20 bits per heavy atom. The first-order chi connectivity index (χ1) is 14.2. The number of benzene rings is 1. The Labute approximate surface area is 194 Å². The number of hydrogen-bond acceptors (Lipinski definition) is 5. The van der Waals surface area contributed by atoms with Crippen LogP contribution in [-0.4, -0.2) is 42.0 Å². The van der Waals surface area contributed by atoms with Gasteiger partial charge in [-0.3, -0.25) is 15.0 Å². The summed E-state index contributed by atoms with van der Waals surface area (Å²) in [5.41, 5.74) is 1.01. The number of non-ortho nitro benzene ring substituents is 1. The lowest BCUT2D eigenvalue weighted by atomic mass is 10.1. The van der Waals surface area contributed by atoms with Crippen molar-refractivity contribution in [3.8, 4) is 0 Å². The number of nitro groups is 1. The second kappa shape index (κ2) is 12.5. The van der Waals surface area contributed by atoms with Gasteiger partial charge in [0, 0.05) is 25.2 Å². The molecule has 2 N–H and O–H groups in total. The summed E-state index contributed by atoms with van der Waals surface area (Å²) < 4.78 is 5.70. The zero-order valence-corrected chi connectivity index (χ0v) is 19.6. The molecule has 0 aliphatic carbocycles. The van der Waals surface area contributed by atoms with E-state index in [1.54, 1.807) is 18.4 Å². The number of furan rings is 1. The maximum atomic E-state index is 10.8. The van der Waals surface area contributed by atoms with Crippen molar-refractivity contribution in [2.75, 3.05) is 26.2 Å². The van der Waals surface area contributed by atoms with Gasteiger partial charge in [0.05, 0.1) is 23.8 Å². The summed E-state index contributed by atoms with van der Waals surface area (Å²) in [7, 11) is 0. The minimum Gasteiger partial charge on any atom is -0.468 e. The number of halogens is 1. The highest BCUT2D eigenvalue weighted by molar-refractivity contribution is 14.0. The minimum atomic E-state index is -0.395. The number of hydrogen-bond donors (Lipinski definition) is 2. The van der Waals surface area contributed by atoms with Crippen LogP contribution < -0.4 is 10.6 Å². The van der Waals surface area contributed by atoms with Gasteiger partial charge in [-0.1, -0.05) is 18.6 Å². The molecule has 1 aromatic carbocycles. The number of aliphatic imine (C=N–C) groups is 1. The molecule has 1 saturated heterocycles. The van der Waals surface area contributed by atoms with Gasteiger partial charge in [0.2, 0.25) is 0 Å². The van der Waals surface area contributed by atoms with Gasteiger partial charge >= 0.3 is 0 Å². The zero-order chi connectivity index (χ0) is 20.5. The van der Waals surface area contributed by atoms with E-state index >= 15 is 0 Å². The first-order valence-electron chi connectivity index (χ1n) is 10.2. The van der Waals surface area contributed by atoms with E-state index in [9.17, 15) is 10.1 Å². The first kappa shape index (κ1) is 24.1. The van der Waals surface area contributed by atoms with Crippen molar-refractivity contribution in [1.82, 2.24) is 15.5 Å². The van der Waals surface area contributed by atoms with Gasteiger partial charge in [0.1, 0.15) is 5.76 Å². The van der Waals surface area contributed by atoms with Crippen LogP contribution in [0.4, 0.5) is 5.69 Å². The highest BCUT2D eigenvalue weighted by Crippen LogP contribution is 2.24. The molecule has 0 amide bonds. The lowest BCUT2D eigenvalue weighted by Gasteiger charge is -2.33. The fourth-order valence-corrected chi connectivity index (χ4v) is 3.55. The normalized spacial score (nSPS) is 15.8. The Bertz CT molecular complexity index is 789. The molecule has 1 unspecified atom stereocenters. The first-order valence-corrected chi connectivity index (χ1v) is 10.2. The van der Waals surface area contributed by atoms with Crippen LogP contribution in [0, 0.1) is 10.1 Å².